The van der Waals surface area contributed by atoms with Gasteiger partial charge in [0.1, 0.15) is 0 Å². The molecule has 100 valence electrons. The molecular formula is C13H14N2O3S. The summed E-state index contributed by atoms with van der Waals surface area (Å²) in [6.07, 6.45) is -0.592. The van der Waals surface area contributed by atoms with Crippen LogP contribution in [0.5, 0.6) is 0 Å². The number of thiazole rings is 1. The number of hydrogen-bond acceptors (Lipinski definition) is 5. The lowest BCUT2D eigenvalue weighted by atomic mass is 10.0. The fourth-order valence-corrected chi connectivity index (χ4v) is 3.41. The summed E-state index contributed by atoms with van der Waals surface area (Å²) in [6.45, 7) is 1.01. The van der Waals surface area contributed by atoms with E-state index < -0.39 is 12.1 Å². The van der Waals surface area contributed by atoms with E-state index in [2.05, 4.69) is 4.98 Å². The fraction of sp³-hybridized carbons (Fsp3) is 0.385. The van der Waals surface area contributed by atoms with Crippen LogP contribution in [0.25, 0.3) is 10.2 Å². The van der Waals surface area contributed by atoms with E-state index in [0.717, 1.165) is 15.3 Å². The highest BCUT2D eigenvalue weighted by molar-refractivity contribution is 7.22. The van der Waals surface area contributed by atoms with E-state index in [1.807, 2.05) is 29.2 Å². The lowest BCUT2D eigenvalue weighted by Crippen LogP contribution is -2.20. The predicted octanol–water partition coefficient (Wildman–Crippen LogP) is 1.57. The Hall–Kier alpha value is -1.66. The van der Waals surface area contributed by atoms with Crippen LogP contribution in [-0.2, 0) is 4.79 Å². The number of aromatic nitrogens is 1. The van der Waals surface area contributed by atoms with Crippen molar-refractivity contribution in [3.63, 3.8) is 0 Å². The third-order valence-electron chi connectivity index (χ3n) is 3.40. The van der Waals surface area contributed by atoms with Crippen molar-refractivity contribution < 1.29 is 15.0 Å². The van der Waals surface area contributed by atoms with Crippen LogP contribution >= 0.6 is 11.3 Å². The first kappa shape index (κ1) is 12.4. The monoisotopic (exact) mass is 278 g/mol. The lowest BCUT2D eigenvalue weighted by molar-refractivity contribution is -0.138. The molecule has 1 fully saturated rings. The van der Waals surface area contributed by atoms with E-state index in [-0.39, 0.29) is 12.3 Å². The molecule has 1 aliphatic heterocycles. The van der Waals surface area contributed by atoms with Crippen LogP contribution in [-0.4, -0.2) is 40.4 Å². The molecule has 19 heavy (non-hydrogen) atoms. The van der Waals surface area contributed by atoms with Gasteiger partial charge in [-0.05, 0) is 12.1 Å². The number of aliphatic hydroxyl groups excluding tert-OH is 1. The van der Waals surface area contributed by atoms with Gasteiger partial charge in [-0.3, -0.25) is 4.79 Å². The maximum Gasteiger partial charge on any atom is 0.303 e. The van der Waals surface area contributed by atoms with Crippen molar-refractivity contribution in [3.05, 3.63) is 24.3 Å². The number of hydrogen-bond donors (Lipinski definition) is 2. The predicted molar refractivity (Wildman–Crippen MR) is 73.6 cm³/mol. The van der Waals surface area contributed by atoms with Crippen molar-refractivity contribution in [1.29, 1.82) is 0 Å². The van der Waals surface area contributed by atoms with Crippen LogP contribution in [0.4, 0.5) is 5.13 Å². The summed E-state index contributed by atoms with van der Waals surface area (Å²) < 4.78 is 1.11. The smallest absolute Gasteiger partial charge is 0.303 e. The summed E-state index contributed by atoms with van der Waals surface area (Å²) in [6, 6.07) is 7.88. The Balaban J connectivity index is 1.81. The Morgan fingerprint density at radius 1 is 1.42 bits per heavy atom. The number of fused-ring (bicyclic) bond motifs is 1. The van der Waals surface area contributed by atoms with Gasteiger partial charge in [0.25, 0.3) is 0 Å². The highest BCUT2D eigenvalue weighted by Crippen LogP contribution is 2.32. The SMILES string of the molecule is O=C(O)C[C@@H]1CN(c2nc3ccccc3s2)C[C@H]1O. The molecular weight excluding hydrogens is 264 g/mol. The molecule has 0 spiro atoms. The van der Waals surface area contributed by atoms with E-state index in [1.54, 1.807) is 11.3 Å². The molecule has 0 amide bonds. The van der Waals surface area contributed by atoms with Crippen LogP contribution in [0.2, 0.25) is 0 Å². The number of para-hydroxylation sites is 1. The van der Waals surface area contributed by atoms with Crippen molar-refractivity contribution in [1.82, 2.24) is 4.98 Å². The minimum atomic E-state index is -0.866. The molecule has 0 unspecified atom stereocenters. The molecule has 2 aromatic rings. The van der Waals surface area contributed by atoms with Crippen LogP contribution in [0.3, 0.4) is 0 Å². The lowest BCUT2D eigenvalue weighted by Gasteiger charge is -2.13. The molecule has 3 rings (SSSR count). The zero-order chi connectivity index (χ0) is 13.4. The fourth-order valence-electron chi connectivity index (χ4n) is 2.43. The summed E-state index contributed by atoms with van der Waals surface area (Å²) in [5.74, 6) is -1.08. The van der Waals surface area contributed by atoms with Gasteiger partial charge in [0.15, 0.2) is 5.13 Å². The van der Waals surface area contributed by atoms with E-state index in [0.29, 0.717) is 13.1 Å². The maximum atomic E-state index is 10.7. The van der Waals surface area contributed by atoms with Gasteiger partial charge in [-0.2, -0.15) is 0 Å². The number of carboxylic acids is 1. The van der Waals surface area contributed by atoms with Gasteiger partial charge in [0.2, 0.25) is 0 Å². The molecule has 0 radical (unpaired) electrons. The molecule has 6 heteroatoms. The molecule has 2 heterocycles. The number of anilines is 1. The largest absolute Gasteiger partial charge is 0.481 e. The highest BCUT2D eigenvalue weighted by atomic mass is 32.1. The number of aliphatic carboxylic acids is 1. The average molecular weight is 278 g/mol. The Morgan fingerprint density at radius 2 is 2.21 bits per heavy atom. The van der Waals surface area contributed by atoms with Crippen molar-refractivity contribution in [2.45, 2.75) is 12.5 Å². The number of carbonyl (C=O) groups is 1. The molecule has 0 saturated carbocycles. The quantitative estimate of drug-likeness (QED) is 0.891. The van der Waals surface area contributed by atoms with Gasteiger partial charge < -0.3 is 15.1 Å². The number of aliphatic hydroxyl groups is 1. The molecule has 5 nitrogen and oxygen atoms in total. The number of β-amino-alcohol motifs (C(OH)–C–C–N with tert-alkyl or cyclic N) is 1. The Morgan fingerprint density at radius 3 is 2.95 bits per heavy atom. The van der Waals surface area contributed by atoms with E-state index in [1.165, 1.54) is 0 Å². The summed E-state index contributed by atoms with van der Waals surface area (Å²) >= 11 is 1.57. The molecule has 1 aromatic carbocycles. The molecule has 2 atom stereocenters. The van der Waals surface area contributed by atoms with Gasteiger partial charge in [-0.1, -0.05) is 23.5 Å². The molecule has 1 saturated heterocycles. The van der Waals surface area contributed by atoms with Crippen LogP contribution in [0, 0.1) is 5.92 Å². The number of rotatable bonds is 3. The second kappa shape index (κ2) is 4.79. The Labute approximate surface area is 114 Å². The second-order valence-electron chi connectivity index (χ2n) is 4.79. The molecule has 0 bridgehead atoms. The second-order valence-corrected chi connectivity index (χ2v) is 5.80. The van der Waals surface area contributed by atoms with E-state index in [4.69, 9.17) is 5.11 Å². The summed E-state index contributed by atoms with van der Waals surface area (Å²) in [4.78, 5) is 17.2. The molecule has 2 N–H and O–H groups in total. The van der Waals surface area contributed by atoms with Crippen molar-refractivity contribution >= 4 is 32.7 Å². The number of benzene rings is 1. The topological polar surface area (TPSA) is 73.7 Å². The van der Waals surface area contributed by atoms with E-state index in [9.17, 15) is 9.90 Å². The Bertz CT molecular complexity index is 580. The van der Waals surface area contributed by atoms with Gasteiger partial charge >= 0.3 is 5.97 Å². The van der Waals surface area contributed by atoms with Gasteiger partial charge in [0.05, 0.1) is 22.7 Å². The zero-order valence-electron chi connectivity index (χ0n) is 10.2. The van der Waals surface area contributed by atoms with Crippen LogP contribution < -0.4 is 4.90 Å². The molecule has 1 aromatic heterocycles. The summed E-state index contributed by atoms with van der Waals surface area (Å²) in [5.41, 5.74) is 0.943. The summed E-state index contributed by atoms with van der Waals surface area (Å²) in [5, 5.41) is 19.6. The minimum absolute atomic E-state index is 0.00254. The number of nitrogens with zero attached hydrogens (tertiary/aromatic N) is 2. The van der Waals surface area contributed by atoms with Gasteiger partial charge in [-0.15, -0.1) is 0 Å². The molecule has 1 aliphatic rings. The van der Waals surface area contributed by atoms with E-state index >= 15 is 0 Å². The summed E-state index contributed by atoms with van der Waals surface area (Å²) in [7, 11) is 0. The Kier molecular flexibility index (Phi) is 3.12. The zero-order valence-corrected chi connectivity index (χ0v) is 11.0. The first-order valence-electron chi connectivity index (χ1n) is 6.14. The standard InChI is InChI=1S/C13H14N2O3S/c16-10-7-15(6-8(10)5-12(17)18)13-14-9-3-1-2-4-11(9)19-13/h1-4,8,10,16H,5-7H2,(H,17,18)/t8-,10-/m1/s1. The van der Waals surface area contributed by atoms with Crippen LogP contribution in [0.15, 0.2) is 24.3 Å². The van der Waals surface area contributed by atoms with Gasteiger partial charge in [0, 0.05) is 19.0 Å². The van der Waals surface area contributed by atoms with Crippen molar-refractivity contribution in [2.24, 2.45) is 5.92 Å². The third kappa shape index (κ3) is 2.41. The van der Waals surface area contributed by atoms with Crippen molar-refractivity contribution in [2.75, 3.05) is 18.0 Å². The third-order valence-corrected chi connectivity index (χ3v) is 4.49. The first-order valence-corrected chi connectivity index (χ1v) is 6.95. The number of carboxylic acid groups (broad SMARTS) is 1. The highest BCUT2D eigenvalue weighted by Gasteiger charge is 2.34. The first-order chi connectivity index (χ1) is 9.13. The van der Waals surface area contributed by atoms with Gasteiger partial charge in [-0.25, -0.2) is 4.98 Å². The maximum absolute atomic E-state index is 10.7. The molecule has 0 aliphatic carbocycles. The normalized spacial score (nSPS) is 23.1. The average Bonchev–Trinajstić information content (AvgIpc) is 2.93. The van der Waals surface area contributed by atoms with Crippen molar-refractivity contribution in [3.8, 4) is 0 Å². The minimum Gasteiger partial charge on any atom is -0.481 e. The van der Waals surface area contributed by atoms with Crippen LogP contribution in [0.1, 0.15) is 6.42 Å².